The van der Waals surface area contributed by atoms with Crippen LogP contribution in [-0.2, 0) is 0 Å². The van der Waals surface area contributed by atoms with Gasteiger partial charge < -0.3 is 25.8 Å². The van der Waals surface area contributed by atoms with Gasteiger partial charge in [-0.15, -0.1) is 0 Å². The van der Waals surface area contributed by atoms with Gasteiger partial charge in [0.25, 0.3) is 0 Å². The van der Waals surface area contributed by atoms with Crippen LogP contribution in [0, 0.1) is 0 Å². The van der Waals surface area contributed by atoms with Crippen molar-refractivity contribution in [3.63, 3.8) is 0 Å². The molecule has 0 spiro atoms. The second-order valence-corrected chi connectivity index (χ2v) is 9.58. The monoisotopic (exact) mass is 529 g/mol. The van der Waals surface area contributed by atoms with E-state index in [-0.39, 0.29) is 0 Å². The summed E-state index contributed by atoms with van der Waals surface area (Å²) >= 11 is 5.30. The van der Waals surface area contributed by atoms with Gasteiger partial charge in [0.15, 0.2) is 5.11 Å². The number of anilines is 2. The Morgan fingerprint density at radius 3 is 1.27 bits per heavy atom. The van der Waals surface area contributed by atoms with Crippen LogP contribution in [0.1, 0.15) is 97.8 Å². The van der Waals surface area contributed by atoms with Crippen LogP contribution >= 0.6 is 12.2 Å². The van der Waals surface area contributed by atoms with Gasteiger partial charge >= 0.3 is 0 Å². The molecule has 0 atom stereocenters. The Labute approximate surface area is 231 Å². The maximum absolute atomic E-state index is 5.45. The zero-order valence-electron chi connectivity index (χ0n) is 23.5. The predicted octanol–water partition coefficient (Wildman–Crippen LogP) is 8.94. The third kappa shape index (κ3) is 17.7. The van der Waals surface area contributed by atoms with Gasteiger partial charge in [-0.2, -0.15) is 0 Å². The predicted molar refractivity (Wildman–Crippen MR) is 165 cm³/mol. The molecule has 0 aliphatic rings. The fraction of sp³-hybridized carbons (Fsp3) is 0.581. The molecule has 0 fully saturated rings. The summed E-state index contributed by atoms with van der Waals surface area (Å²) < 4.78 is 10.8. The number of rotatable bonds is 18. The first-order valence-corrected chi connectivity index (χ1v) is 14.8. The molecular weight excluding hydrogens is 478 g/mol. The first-order valence-electron chi connectivity index (χ1n) is 14.4. The molecule has 0 bridgehead atoms. The molecule has 37 heavy (non-hydrogen) atoms. The van der Waals surface area contributed by atoms with E-state index in [0.29, 0.717) is 18.3 Å². The number of ether oxygens (including phenoxy) is 2. The van der Waals surface area contributed by atoms with E-state index < -0.39 is 0 Å². The molecule has 0 aliphatic heterocycles. The Hall–Kier alpha value is -2.31. The largest absolute Gasteiger partial charge is 0.494 e. The summed E-state index contributed by atoms with van der Waals surface area (Å²) in [7, 11) is 0. The smallest absolute Gasteiger partial charge is 0.175 e. The highest BCUT2D eigenvalue weighted by Crippen LogP contribution is 2.18. The lowest BCUT2D eigenvalue weighted by Crippen LogP contribution is -2.18. The topological polar surface area (TPSA) is 68.5 Å². The lowest BCUT2D eigenvalue weighted by atomic mass is 10.1. The molecule has 0 unspecified atom stereocenters. The van der Waals surface area contributed by atoms with E-state index in [1.807, 2.05) is 62.4 Å². The van der Waals surface area contributed by atoms with Gasteiger partial charge in [-0.1, -0.05) is 77.6 Å². The molecule has 208 valence electrons. The highest BCUT2D eigenvalue weighted by molar-refractivity contribution is 7.80. The molecule has 0 amide bonds. The van der Waals surface area contributed by atoms with Gasteiger partial charge in [0.2, 0.25) is 0 Å². The third-order valence-corrected chi connectivity index (χ3v) is 6.11. The van der Waals surface area contributed by atoms with E-state index in [2.05, 4.69) is 17.6 Å². The number of hydrogen-bond donors (Lipinski definition) is 3. The average molecular weight is 530 g/mol. The molecule has 0 saturated carbocycles. The maximum Gasteiger partial charge on any atom is 0.175 e. The van der Waals surface area contributed by atoms with Gasteiger partial charge in [-0.25, -0.2) is 0 Å². The zero-order chi connectivity index (χ0) is 27.0. The van der Waals surface area contributed by atoms with E-state index >= 15 is 0 Å². The first kappa shape index (κ1) is 32.7. The van der Waals surface area contributed by atoms with Crippen LogP contribution in [-0.4, -0.2) is 24.9 Å². The fourth-order valence-electron chi connectivity index (χ4n) is 3.88. The summed E-state index contributed by atoms with van der Waals surface area (Å²) in [6.45, 7) is 8.39. The van der Waals surface area contributed by atoms with Crippen LogP contribution in [0.25, 0.3) is 0 Å². The summed E-state index contributed by atoms with van der Waals surface area (Å²) in [5.41, 5.74) is 7.27. The summed E-state index contributed by atoms with van der Waals surface area (Å²) in [4.78, 5) is 0. The molecule has 0 aromatic heterocycles. The van der Waals surface area contributed by atoms with Crippen LogP contribution in [0.3, 0.4) is 0 Å². The Morgan fingerprint density at radius 2 is 0.946 bits per heavy atom. The quantitative estimate of drug-likeness (QED) is 0.132. The van der Waals surface area contributed by atoms with Crippen molar-refractivity contribution >= 4 is 28.7 Å². The summed E-state index contributed by atoms with van der Waals surface area (Å²) in [6, 6.07) is 15.3. The van der Waals surface area contributed by atoms with E-state index in [9.17, 15) is 0 Å². The molecule has 0 saturated heterocycles. The average Bonchev–Trinajstić information content (AvgIpc) is 2.90. The lowest BCUT2D eigenvalue weighted by molar-refractivity contribution is 0.340. The number of hydrogen-bond acceptors (Lipinski definition) is 4. The van der Waals surface area contributed by atoms with Crippen LogP contribution in [0.4, 0.5) is 11.4 Å². The van der Waals surface area contributed by atoms with Crippen molar-refractivity contribution in [1.82, 2.24) is 0 Å². The summed E-state index contributed by atoms with van der Waals surface area (Å²) in [5.74, 6) is 1.69. The molecular formula is C31H51N3O2S. The van der Waals surface area contributed by atoms with Gasteiger partial charge in [0, 0.05) is 11.4 Å². The molecule has 2 aromatic carbocycles. The number of nitrogens with two attached hydrogens (primary N) is 1. The number of nitrogens with one attached hydrogen (secondary N) is 2. The van der Waals surface area contributed by atoms with Crippen LogP contribution in [0.5, 0.6) is 11.5 Å². The van der Waals surface area contributed by atoms with Crippen molar-refractivity contribution in [2.45, 2.75) is 97.8 Å². The van der Waals surface area contributed by atoms with E-state index in [4.69, 9.17) is 27.4 Å². The standard InChI is InChI=1S/C17H20N2O2S.C14H31N/c1-3-20-15-9-5-13(6-10-15)18-17(22)19-14-7-11-16(12-8-14)21-4-2;1-2-3-4-5-6-7-8-9-10-11-12-13-14-15/h5-12H,3-4H2,1-2H3,(H2,18,19,22);2-15H2,1H3. The minimum atomic E-state index is 0.535. The summed E-state index contributed by atoms with van der Waals surface area (Å²) in [5, 5.41) is 6.80. The van der Waals surface area contributed by atoms with E-state index in [0.717, 1.165) is 29.4 Å². The molecule has 4 N–H and O–H groups in total. The van der Waals surface area contributed by atoms with Gasteiger partial charge in [-0.05, 0) is 87.6 Å². The minimum Gasteiger partial charge on any atom is -0.494 e. The Balaban J connectivity index is 0.000000401. The summed E-state index contributed by atoms with van der Waals surface area (Å²) in [6.07, 6.45) is 16.9. The molecule has 5 nitrogen and oxygen atoms in total. The third-order valence-electron chi connectivity index (χ3n) is 5.90. The number of benzene rings is 2. The van der Waals surface area contributed by atoms with E-state index in [1.165, 1.54) is 77.0 Å². The number of thiocarbonyl (C=S) groups is 1. The zero-order valence-corrected chi connectivity index (χ0v) is 24.3. The van der Waals surface area contributed by atoms with Crippen molar-refractivity contribution in [2.24, 2.45) is 5.73 Å². The number of unbranched alkanes of at least 4 members (excludes halogenated alkanes) is 11. The maximum atomic E-state index is 5.45. The van der Waals surface area contributed by atoms with Gasteiger partial charge in [0.05, 0.1) is 13.2 Å². The van der Waals surface area contributed by atoms with Crippen molar-refractivity contribution < 1.29 is 9.47 Å². The SMILES string of the molecule is CCCCCCCCCCCCCCN.CCOc1ccc(NC(=S)Nc2ccc(OCC)cc2)cc1. The van der Waals surface area contributed by atoms with Crippen molar-refractivity contribution in [2.75, 3.05) is 30.4 Å². The highest BCUT2D eigenvalue weighted by atomic mass is 32.1. The normalized spacial score (nSPS) is 10.3. The second kappa shape index (κ2) is 22.9. The Kier molecular flexibility index (Phi) is 20.2. The molecule has 0 radical (unpaired) electrons. The molecule has 2 aromatic rings. The Bertz CT molecular complexity index is 732. The molecule has 6 heteroatoms. The molecule has 0 aliphatic carbocycles. The Morgan fingerprint density at radius 1 is 0.595 bits per heavy atom. The lowest BCUT2D eigenvalue weighted by Gasteiger charge is -2.12. The molecule has 0 heterocycles. The first-order chi connectivity index (χ1) is 18.1. The van der Waals surface area contributed by atoms with E-state index in [1.54, 1.807) is 0 Å². The second-order valence-electron chi connectivity index (χ2n) is 9.17. The molecule has 2 rings (SSSR count). The highest BCUT2D eigenvalue weighted by Gasteiger charge is 2.01. The van der Waals surface area contributed by atoms with Gasteiger partial charge in [-0.3, -0.25) is 0 Å². The van der Waals surface area contributed by atoms with Crippen molar-refractivity contribution in [3.8, 4) is 11.5 Å². The van der Waals surface area contributed by atoms with Crippen molar-refractivity contribution in [3.05, 3.63) is 48.5 Å². The van der Waals surface area contributed by atoms with Gasteiger partial charge in [0.1, 0.15) is 11.5 Å². The van der Waals surface area contributed by atoms with Crippen LogP contribution in [0.2, 0.25) is 0 Å². The van der Waals surface area contributed by atoms with Crippen LogP contribution < -0.4 is 25.8 Å². The minimum absolute atomic E-state index is 0.535. The van der Waals surface area contributed by atoms with Crippen molar-refractivity contribution in [1.29, 1.82) is 0 Å². The fourth-order valence-corrected chi connectivity index (χ4v) is 4.12. The van der Waals surface area contributed by atoms with Crippen LogP contribution in [0.15, 0.2) is 48.5 Å².